The quantitative estimate of drug-likeness (QED) is 0.185. The van der Waals surface area contributed by atoms with E-state index in [1.807, 2.05) is 35.2 Å². The van der Waals surface area contributed by atoms with Crippen molar-refractivity contribution in [1.29, 1.82) is 0 Å². The first-order valence-corrected chi connectivity index (χ1v) is 16.6. The van der Waals surface area contributed by atoms with E-state index in [4.69, 9.17) is 4.74 Å². The van der Waals surface area contributed by atoms with E-state index >= 15 is 0 Å². The van der Waals surface area contributed by atoms with E-state index in [-0.39, 0.29) is 5.91 Å². The van der Waals surface area contributed by atoms with Gasteiger partial charge >= 0.3 is 0 Å². The molecule has 3 aromatic carbocycles. The van der Waals surface area contributed by atoms with Crippen LogP contribution in [-0.4, -0.2) is 25.2 Å². The lowest BCUT2D eigenvalue weighted by Gasteiger charge is -2.24. The predicted molar refractivity (Wildman–Crippen MR) is 151 cm³/mol. The Balaban J connectivity index is 1.45. The van der Waals surface area contributed by atoms with Gasteiger partial charge in [0.1, 0.15) is 6.73 Å². The normalized spacial score (nSPS) is 17.7. The van der Waals surface area contributed by atoms with E-state index in [0.717, 1.165) is 35.0 Å². The smallest absolute Gasteiger partial charge is 0.238 e. The van der Waals surface area contributed by atoms with E-state index in [9.17, 15) is 4.79 Å². The van der Waals surface area contributed by atoms with Gasteiger partial charge in [-0.05, 0) is 48.2 Å². The summed E-state index contributed by atoms with van der Waals surface area (Å²) in [6.07, 6.45) is 2.84. The number of benzene rings is 3. The van der Waals surface area contributed by atoms with Crippen LogP contribution in [0.4, 0.5) is 5.69 Å². The van der Waals surface area contributed by atoms with Crippen molar-refractivity contribution < 1.29 is 9.53 Å². The minimum Gasteiger partial charge on any atom is -0.361 e. The summed E-state index contributed by atoms with van der Waals surface area (Å²) in [4.78, 5) is 16.0. The zero-order valence-corrected chi connectivity index (χ0v) is 22.8. The first-order valence-electron chi connectivity index (χ1n) is 12.9. The molecule has 0 bridgehead atoms. The van der Waals surface area contributed by atoms with Gasteiger partial charge in [-0.1, -0.05) is 86.4 Å². The number of carbonyl (C=O) groups excluding carboxylic acids is 1. The van der Waals surface area contributed by atoms with E-state index in [2.05, 4.69) is 85.9 Å². The highest BCUT2D eigenvalue weighted by atomic mass is 28.3. The maximum atomic E-state index is 14.0. The lowest BCUT2D eigenvalue weighted by Crippen LogP contribution is -2.39. The van der Waals surface area contributed by atoms with Crippen LogP contribution in [0.2, 0.25) is 25.7 Å². The number of aromatic nitrogens is 1. The summed E-state index contributed by atoms with van der Waals surface area (Å²) < 4.78 is 8.30. The van der Waals surface area contributed by atoms with Crippen LogP contribution in [0.25, 0.3) is 10.9 Å². The number of anilines is 1. The highest BCUT2D eigenvalue weighted by Crippen LogP contribution is 2.45. The summed E-state index contributed by atoms with van der Waals surface area (Å²) in [5.41, 5.74) is 4.98. The second-order valence-corrected chi connectivity index (χ2v) is 17.0. The first-order chi connectivity index (χ1) is 17.3. The maximum Gasteiger partial charge on any atom is 0.238 e. The largest absolute Gasteiger partial charge is 0.361 e. The number of hydrogen-bond acceptors (Lipinski definition) is 2. The minimum absolute atomic E-state index is 0.163. The van der Waals surface area contributed by atoms with Crippen LogP contribution in [0.3, 0.4) is 0 Å². The number of amides is 1. The second-order valence-electron chi connectivity index (χ2n) is 11.4. The number of rotatable bonds is 9. The Kier molecular flexibility index (Phi) is 6.62. The lowest BCUT2D eigenvalue weighted by molar-refractivity contribution is -0.122. The topological polar surface area (TPSA) is 34.5 Å². The molecule has 186 valence electrons. The third kappa shape index (κ3) is 4.78. The molecule has 1 amide bonds. The molecule has 0 saturated carbocycles. The molecule has 1 atom stereocenters. The first kappa shape index (κ1) is 24.5. The number of hydrogen-bond donors (Lipinski definition) is 0. The van der Waals surface area contributed by atoms with Crippen LogP contribution < -0.4 is 4.90 Å². The van der Waals surface area contributed by atoms with Crippen LogP contribution >= 0.6 is 0 Å². The predicted octanol–water partition coefficient (Wildman–Crippen LogP) is 7.00. The molecule has 4 nitrogen and oxygen atoms in total. The van der Waals surface area contributed by atoms with Gasteiger partial charge in [-0.25, -0.2) is 0 Å². The summed E-state index contributed by atoms with van der Waals surface area (Å²) in [5, 5.41) is 1.19. The van der Waals surface area contributed by atoms with Crippen molar-refractivity contribution in [3.8, 4) is 0 Å². The van der Waals surface area contributed by atoms with Crippen molar-refractivity contribution in [2.24, 2.45) is 0 Å². The summed E-state index contributed by atoms with van der Waals surface area (Å²) in [6.45, 7) is 11.1. The molecule has 0 N–H and O–H groups in total. The molecule has 5 heteroatoms. The fourth-order valence-electron chi connectivity index (χ4n) is 5.28. The molecule has 1 unspecified atom stereocenters. The van der Waals surface area contributed by atoms with Crippen LogP contribution in [-0.2, 0) is 34.6 Å². The highest BCUT2D eigenvalue weighted by Gasteiger charge is 2.47. The lowest BCUT2D eigenvalue weighted by atomic mass is 9.78. The SMILES string of the molecule is CC1(Cc2cn(COCC[Si](C)(C)C)c3ccccc23)C(=O)N(Cc2ccccc2)c2ccccc21. The molecular weight excluding hydrogens is 460 g/mol. The van der Waals surface area contributed by atoms with Crippen molar-refractivity contribution in [2.45, 2.75) is 57.7 Å². The zero-order chi connectivity index (χ0) is 25.3. The van der Waals surface area contributed by atoms with Crippen LogP contribution in [0.1, 0.15) is 23.6 Å². The molecule has 0 spiro atoms. The van der Waals surface area contributed by atoms with E-state index < -0.39 is 13.5 Å². The Bertz CT molecular complexity index is 1370. The molecule has 2 heterocycles. The minimum atomic E-state index is -1.13. The average molecular weight is 497 g/mol. The third-order valence-electron chi connectivity index (χ3n) is 7.33. The van der Waals surface area contributed by atoms with Gasteiger partial charge in [-0.2, -0.15) is 0 Å². The Hall–Kier alpha value is -3.15. The molecule has 1 aliphatic rings. The molecule has 0 fully saturated rings. The molecule has 4 aromatic rings. The number of fused-ring (bicyclic) bond motifs is 2. The van der Waals surface area contributed by atoms with Crippen molar-refractivity contribution in [1.82, 2.24) is 4.57 Å². The number of ether oxygens (including phenoxy) is 1. The standard InChI is InChI=1S/C31H36N2O2Si/c1-31(27-15-9-11-17-29(27)33(30(31)34)21-24-12-6-5-7-13-24)20-25-22-32(23-35-18-19-36(2,3)4)28-16-10-8-14-26(25)28/h5-17,22H,18-21,23H2,1-4H3. The molecule has 0 aliphatic carbocycles. The second kappa shape index (κ2) is 9.72. The Morgan fingerprint density at radius 1 is 0.889 bits per heavy atom. The van der Waals surface area contributed by atoms with Gasteiger partial charge in [0.25, 0.3) is 0 Å². The number of para-hydroxylation sites is 2. The Labute approximate surface area is 215 Å². The van der Waals surface area contributed by atoms with Gasteiger partial charge < -0.3 is 14.2 Å². The number of carbonyl (C=O) groups is 1. The van der Waals surface area contributed by atoms with Crippen molar-refractivity contribution in [3.63, 3.8) is 0 Å². The van der Waals surface area contributed by atoms with Gasteiger partial charge in [-0.15, -0.1) is 0 Å². The Morgan fingerprint density at radius 3 is 2.36 bits per heavy atom. The molecule has 5 rings (SSSR count). The Morgan fingerprint density at radius 2 is 1.58 bits per heavy atom. The van der Waals surface area contributed by atoms with Crippen molar-refractivity contribution in [2.75, 3.05) is 11.5 Å². The molecule has 0 radical (unpaired) electrons. The van der Waals surface area contributed by atoms with E-state index in [1.54, 1.807) is 0 Å². The highest BCUT2D eigenvalue weighted by molar-refractivity contribution is 6.76. The van der Waals surface area contributed by atoms with Crippen molar-refractivity contribution >= 4 is 30.6 Å². The van der Waals surface area contributed by atoms with Crippen molar-refractivity contribution in [3.05, 3.63) is 102 Å². The van der Waals surface area contributed by atoms with Gasteiger partial charge in [0.15, 0.2) is 0 Å². The third-order valence-corrected chi connectivity index (χ3v) is 9.04. The number of nitrogens with zero attached hydrogens (tertiary/aromatic N) is 2. The molecular formula is C31H36N2O2Si. The van der Waals surface area contributed by atoms with Crippen LogP contribution in [0.5, 0.6) is 0 Å². The zero-order valence-electron chi connectivity index (χ0n) is 21.8. The van der Waals surface area contributed by atoms with Gasteiger partial charge in [0, 0.05) is 32.0 Å². The summed E-state index contributed by atoms with van der Waals surface area (Å²) in [7, 11) is -1.13. The average Bonchev–Trinajstić information content (AvgIpc) is 3.31. The van der Waals surface area contributed by atoms with Gasteiger partial charge in [-0.3, -0.25) is 4.79 Å². The van der Waals surface area contributed by atoms with Crippen LogP contribution in [0, 0.1) is 0 Å². The van der Waals surface area contributed by atoms with E-state index in [0.29, 0.717) is 19.7 Å². The summed E-state index contributed by atoms with van der Waals surface area (Å²) in [5.74, 6) is 0.163. The van der Waals surface area contributed by atoms with Gasteiger partial charge in [0.05, 0.1) is 17.5 Å². The molecule has 36 heavy (non-hydrogen) atoms. The van der Waals surface area contributed by atoms with E-state index in [1.165, 1.54) is 10.9 Å². The van der Waals surface area contributed by atoms with Gasteiger partial charge in [0.2, 0.25) is 5.91 Å². The summed E-state index contributed by atoms with van der Waals surface area (Å²) in [6, 6.07) is 28.1. The monoisotopic (exact) mass is 496 g/mol. The maximum absolute atomic E-state index is 14.0. The molecule has 1 aliphatic heterocycles. The molecule has 1 aromatic heterocycles. The fourth-order valence-corrected chi connectivity index (χ4v) is 6.04. The van der Waals surface area contributed by atoms with Crippen LogP contribution in [0.15, 0.2) is 85.1 Å². The fraction of sp³-hybridized carbons (Fsp3) is 0.323. The molecule has 0 saturated heterocycles. The summed E-state index contributed by atoms with van der Waals surface area (Å²) >= 11 is 0.